The Morgan fingerprint density at radius 3 is 2.57 bits per heavy atom. The summed E-state index contributed by atoms with van der Waals surface area (Å²) in [6.45, 7) is 11.5. The molecule has 1 aliphatic carbocycles. The van der Waals surface area contributed by atoms with Crippen LogP contribution in [0.15, 0.2) is 18.2 Å². The van der Waals surface area contributed by atoms with Crippen molar-refractivity contribution in [1.29, 1.82) is 0 Å². The lowest BCUT2D eigenvalue weighted by atomic mass is 9.75. The first-order chi connectivity index (χ1) is 14.2. The molecule has 2 aromatic rings. The highest BCUT2D eigenvalue weighted by Crippen LogP contribution is 2.37. The van der Waals surface area contributed by atoms with Crippen LogP contribution in [0.1, 0.15) is 71.8 Å². The number of H-pyrrole nitrogens is 1. The van der Waals surface area contributed by atoms with Gasteiger partial charge in [0.15, 0.2) is 17.3 Å². The van der Waals surface area contributed by atoms with Crippen LogP contribution in [0, 0.1) is 12.3 Å². The van der Waals surface area contributed by atoms with Crippen molar-refractivity contribution in [1.82, 2.24) is 9.88 Å². The number of benzene rings is 1. The normalized spacial score (nSPS) is 14.9. The van der Waals surface area contributed by atoms with Gasteiger partial charge in [0.05, 0.1) is 13.7 Å². The van der Waals surface area contributed by atoms with E-state index in [1.165, 1.54) is 0 Å². The maximum atomic E-state index is 13.3. The van der Waals surface area contributed by atoms with Gasteiger partial charge in [0, 0.05) is 30.8 Å². The van der Waals surface area contributed by atoms with Crippen molar-refractivity contribution in [3.05, 3.63) is 46.3 Å². The fourth-order valence-corrected chi connectivity index (χ4v) is 4.24. The molecule has 0 saturated carbocycles. The molecular weight excluding hydrogens is 380 g/mol. The van der Waals surface area contributed by atoms with Crippen LogP contribution in [-0.2, 0) is 13.0 Å². The van der Waals surface area contributed by atoms with E-state index in [0.29, 0.717) is 48.9 Å². The van der Waals surface area contributed by atoms with E-state index in [2.05, 4.69) is 18.8 Å². The Bertz CT molecular complexity index is 958. The van der Waals surface area contributed by atoms with E-state index in [9.17, 15) is 9.59 Å². The Morgan fingerprint density at radius 1 is 1.20 bits per heavy atom. The van der Waals surface area contributed by atoms with Crippen LogP contribution in [0.5, 0.6) is 11.5 Å². The zero-order valence-corrected chi connectivity index (χ0v) is 18.8. The Kier molecular flexibility index (Phi) is 6.25. The first-order valence-electron chi connectivity index (χ1n) is 10.5. The molecule has 0 spiro atoms. The summed E-state index contributed by atoms with van der Waals surface area (Å²) in [5.74, 6) is 1.36. The molecule has 3 rings (SSSR count). The smallest absolute Gasteiger partial charge is 0.270 e. The molecule has 0 radical (unpaired) electrons. The number of nitrogens with one attached hydrogen (secondary N) is 1. The van der Waals surface area contributed by atoms with E-state index < -0.39 is 0 Å². The van der Waals surface area contributed by atoms with Gasteiger partial charge in [-0.2, -0.15) is 0 Å². The monoisotopic (exact) mass is 412 g/mol. The van der Waals surface area contributed by atoms with Crippen molar-refractivity contribution in [2.75, 3.05) is 20.3 Å². The summed E-state index contributed by atoms with van der Waals surface area (Å²) in [7, 11) is 1.61. The number of carbonyl (C=O) groups excluding carboxylic acids is 2. The van der Waals surface area contributed by atoms with Gasteiger partial charge >= 0.3 is 0 Å². The van der Waals surface area contributed by atoms with E-state index in [1.54, 1.807) is 12.0 Å². The van der Waals surface area contributed by atoms with Gasteiger partial charge < -0.3 is 19.4 Å². The quantitative estimate of drug-likeness (QED) is 0.724. The topological polar surface area (TPSA) is 71.6 Å². The van der Waals surface area contributed by atoms with Crippen molar-refractivity contribution in [3.63, 3.8) is 0 Å². The second-order valence-corrected chi connectivity index (χ2v) is 8.66. The second-order valence-electron chi connectivity index (χ2n) is 8.66. The largest absolute Gasteiger partial charge is 0.493 e. The molecule has 6 nitrogen and oxygen atoms in total. The number of nitrogens with zero attached hydrogens (tertiary/aromatic N) is 1. The highest BCUT2D eigenvalue weighted by atomic mass is 16.5. The number of ketones is 1. The van der Waals surface area contributed by atoms with E-state index in [-0.39, 0.29) is 17.1 Å². The summed E-state index contributed by atoms with van der Waals surface area (Å²) in [6.07, 6.45) is 1.28. The number of ether oxygens (including phenoxy) is 2. The Labute approximate surface area is 178 Å². The van der Waals surface area contributed by atoms with Crippen molar-refractivity contribution in [2.45, 2.75) is 54.0 Å². The van der Waals surface area contributed by atoms with Crippen molar-refractivity contribution >= 4 is 11.7 Å². The summed E-state index contributed by atoms with van der Waals surface area (Å²) in [5.41, 5.74) is 3.73. The van der Waals surface area contributed by atoms with Gasteiger partial charge in [-0.05, 0) is 55.9 Å². The maximum Gasteiger partial charge on any atom is 0.270 e. The molecule has 0 saturated heterocycles. The molecule has 1 amide bonds. The average molecular weight is 413 g/mol. The van der Waals surface area contributed by atoms with E-state index in [0.717, 1.165) is 23.2 Å². The molecule has 0 unspecified atom stereocenters. The van der Waals surface area contributed by atoms with Gasteiger partial charge in [0.1, 0.15) is 5.69 Å². The number of amides is 1. The van der Waals surface area contributed by atoms with Gasteiger partial charge in [-0.1, -0.05) is 19.9 Å². The lowest BCUT2D eigenvalue weighted by Crippen LogP contribution is -2.31. The van der Waals surface area contributed by atoms with Crippen LogP contribution < -0.4 is 9.47 Å². The fraction of sp³-hybridized carbons (Fsp3) is 0.500. The van der Waals surface area contributed by atoms with Gasteiger partial charge in [-0.3, -0.25) is 9.59 Å². The molecular formula is C24H32N2O4. The third-order valence-electron chi connectivity index (χ3n) is 5.69. The van der Waals surface area contributed by atoms with Crippen LogP contribution in [0.25, 0.3) is 0 Å². The molecule has 0 atom stereocenters. The predicted octanol–water partition coefficient (Wildman–Crippen LogP) is 4.55. The fourth-order valence-electron chi connectivity index (χ4n) is 4.24. The number of aromatic amines is 1. The molecule has 1 aromatic carbocycles. The van der Waals surface area contributed by atoms with Crippen molar-refractivity contribution in [3.8, 4) is 11.5 Å². The van der Waals surface area contributed by atoms with E-state index >= 15 is 0 Å². The zero-order chi connectivity index (χ0) is 22.1. The summed E-state index contributed by atoms with van der Waals surface area (Å²) in [6, 6.07) is 5.72. The molecule has 1 aliphatic rings. The number of Topliss-reactive ketones (excluding diaryl/α,β-unsaturated/α-hetero) is 1. The van der Waals surface area contributed by atoms with Gasteiger partial charge in [-0.15, -0.1) is 0 Å². The predicted molar refractivity (Wildman–Crippen MR) is 117 cm³/mol. The molecule has 6 heteroatoms. The molecule has 1 aromatic heterocycles. The standard InChI is InChI=1S/C24H32N2O4/c1-7-26(14-16-9-10-19(30-8-2)20(11-16)29-6)23(28)22-15(3)21-17(25-22)12-24(4,5)13-18(21)27/h9-11,25H,7-8,12-14H2,1-6H3. The number of aromatic nitrogens is 1. The number of rotatable bonds is 7. The van der Waals surface area contributed by atoms with Gasteiger partial charge in [0.2, 0.25) is 0 Å². The van der Waals surface area contributed by atoms with Crippen LogP contribution >= 0.6 is 0 Å². The first-order valence-corrected chi connectivity index (χ1v) is 10.5. The number of methoxy groups -OCH3 is 1. The highest BCUT2D eigenvalue weighted by Gasteiger charge is 2.35. The lowest BCUT2D eigenvalue weighted by Gasteiger charge is -2.28. The summed E-state index contributed by atoms with van der Waals surface area (Å²) in [5, 5.41) is 0. The third-order valence-corrected chi connectivity index (χ3v) is 5.69. The van der Waals surface area contributed by atoms with Crippen LogP contribution in [0.3, 0.4) is 0 Å². The Hall–Kier alpha value is -2.76. The minimum Gasteiger partial charge on any atom is -0.493 e. The molecule has 1 heterocycles. The summed E-state index contributed by atoms with van der Waals surface area (Å²) >= 11 is 0. The molecule has 0 aliphatic heterocycles. The second kappa shape index (κ2) is 8.54. The van der Waals surface area contributed by atoms with Crippen molar-refractivity contribution < 1.29 is 19.1 Å². The maximum absolute atomic E-state index is 13.3. The van der Waals surface area contributed by atoms with Crippen LogP contribution in [-0.4, -0.2) is 41.8 Å². The van der Waals surface area contributed by atoms with Crippen molar-refractivity contribution in [2.24, 2.45) is 5.41 Å². The average Bonchev–Trinajstić information content (AvgIpc) is 3.01. The number of hydrogen-bond acceptors (Lipinski definition) is 4. The molecule has 0 bridgehead atoms. The SMILES string of the molecule is CCOc1ccc(CN(CC)C(=O)c2[nH]c3c(c2C)C(=O)CC(C)(C)C3)cc1OC. The number of hydrogen-bond donors (Lipinski definition) is 1. The molecule has 1 N–H and O–H groups in total. The van der Waals surface area contributed by atoms with E-state index in [4.69, 9.17) is 9.47 Å². The minimum atomic E-state index is -0.0946. The summed E-state index contributed by atoms with van der Waals surface area (Å²) in [4.78, 5) is 31.1. The third kappa shape index (κ3) is 4.23. The van der Waals surface area contributed by atoms with Crippen LogP contribution in [0.2, 0.25) is 0 Å². The lowest BCUT2D eigenvalue weighted by molar-refractivity contribution is 0.0746. The van der Waals surface area contributed by atoms with Gasteiger partial charge in [-0.25, -0.2) is 0 Å². The number of carbonyl (C=O) groups is 2. The Morgan fingerprint density at radius 2 is 1.93 bits per heavy atom. The molecule has 162 valence electrons. The minimum absolute atomic E-state index is 0.0923. The summed E-state index contributed by atoms with van der Waals surface area (Å²) < 4.78 is 11.0. The van der Waals surface area contributed by atoms with Crippen LogP contribution in [0.4, 0.5) is 0 Å². The molecule has 0 fully saturated rings. The first kappa shape index (κ1) is 21.9. The zero-order valence-electron chi connectivity index (χ0n) is 18.8. The van der Waals surface area contributed by atoms with Gasteiger partial charge in [0.25, 0.3) is 5.91 Å². The Balaban J connectivity index is 1.87. The molecule has 30 heavy (non-hydrogen) atoms. The van der Waals surface area contributed by atoms with E-state index in [1.807, 2.05) is 39.0 Å². The number of fused-ring (bicyclic) bond motifs is 1. The highest BCUT2D eigenvalue weighted by molar-refractivity contribution is 6.04.